The van der Waals surface area contributed by atoms with Crippen molar-refractivity contribution in [3.05, 3.63) is 75.4 Å². The quantitative estimate of drug-likeness (QED) is 0.534. The van der Waals surface area contributed by atoms with Gasteiger partial charge in [-0.2, -0.15) is 4.57 Å². The van der Waals surface area contributed by atoms with E-state index in [0.717, 1.165) is 21.6 Å². The molecule has 3 aromatic heterocycles. The minimum absolute atomic E-state index is 0.119. The molecule has 0 aliphatic carbocycles. The summed E-state index contributed by atoms with van der Waals surface area (Å²) < 4.78 is 1.99. The van der Waals surface area contributed by atoms with E-state index in [1.165, 1.54) is 11.3 Å². The molecule has 4 rings (SSSR count). The molecule has 0 aliphatic rings. The molecule has 4 aromatic rings. The van der Waals surface area contributed by atoms with Gasteiger partial charge in [-0.05, 0) is 17.7 Å². The number of pyridine rings is 1. The molecule has 3 heterocycles. The first-order chi connectivity index (χ1) is 13.0. The fourth-order valence-electron chi connectivity index (χ4n) is 2.94. The molecule has 0 spiro atoms. The molecule has 0 atom stereocenters. The topological polar surface area (TPSA) is 52.9 Å². The number of fused-ring (bicyclic) bond motifs is 1. The van der Waals surface area contributed by atoms with Crippen LogP contribution in [0.1, 0.15) is 5.82 Å². The van der Waals surface area contributed by atoms with Crippen LogP contribution in [0.5, 0.6) is 0 Å². The van der Waals surface area contributed by atoms with Gasteiger partial charge in [-0.3, -0.25) is 4.79 Å². The first kappa shape index (κ1) is 17.7. The largest absolute Gasteiger partial charge is 0.377 e. The van der Waals surface area contributed by atoms with Crippen molar-refractivity contribution in [3.63, 3.8) is 0 Å². The Kier molecular flexibility index (Phi) is 4.68. The maximum absolute atomic E-state index is 12.7. The van der Waals surface area contributed by atoms with Crippen LogP contribution in [0.2, 0.25) is 5.02 Å². The fourth-order valence-corrected chi connectivity index (χ4v) is 4.03. The second kappa shape index (κ2) is 7.13. The van der Waals surface area contributed by atoms with Crippen LogP contribution in [0.4, 0.5) is 5.69 Å². The van der Waals surface area contributed by atoms with E-state index in [1.54, 1.807) is 0 Å². The number of benzene rings is 1. The molecule has 0 saturated carbocycles. The van der Waals surface area contributed by atoms with Crippen LogP contribution in [0.3, 0.4) is 0 Å². The molecule has 0 amide bonds. The molecule has 0 saturated heterocycles. The van der Waals surface area contributed by atoms with Crippen molar-refractivity contribution in [1.29, 1.82) is 0 Å². The molecule has 136 valence electrons. The normalized spacial score (nSPS) is 11.1. The lowest BCUT2D eigenvalue weighted by Gasteiger charge is -2.10. The van der Waals surface area contributed by atoms with Crippen LogP contribution in [0, 0.1) is 0 Å². The van der Waals surface area contributed by atoms with Crippen molar-refractivity contribution in [1.82, 2.24) is 9.97 Å². The van der Waals surface area contributed by atoms with E-state index in [2.05, 4.69) is 9.97 Å². The third-order valence-corrected chi connectivity index (χ3v) is 5.49. The summed E-state index contributed by atoms with van der Waals surface area (Å²) in [7, 11) is 4.00. The Morgan fingerprint density at radius 2 is 1.85 bits per heavy atom. The number of halogens is 1. The number of H-pyrrole nitrogens is 1. The number of aromatic nitrogens is 3. The van der Waals surface area contributed by atoms with Crippen LogP contribution >= 0.6 is 22.9 Å². The van der Waals surface area contributed by atoms with Crippen LogP contribution in [0.25, 0.3) is 21.3 Å². The Labute approximate surface area is 165 Å². The lowest BCUT2D eigenvalue weighted by atomic mass is 10.1. The van der Waals surface area contributed by atoms with Gasteiger partial charge in [0.15, 0.2) is 18.2 Å². The lowest BCUT2D eigenvalue weighted by molar-refractivity contribution is -0.689. The predicted octanol–water partition coefficient (Wildman–Crippen LogP) is 3.71. The van der Waals surface area contributed by atoms with Crippen LogP contribution in [-0.4, -0.2) is 24.1 Å². The predicted molar refractivity (Wildman–Crippen MR) is 111 cm³/mol. The smallest absolute Gasteiger partial charge is 0.260 e. The summed E-state index contributed by atoms with van der Waals surface area (Å²) >= 11 is 7.44. The van der Waals surface area contributed by atoms with Crippen molar-refractivity contribution >= 4 is 38.8 Å². The van der Waals surface area contributed by atoms with Gasteiger partial charge in [0.1, 0.15) is 4.83 Å². The van der Waals surface area contributed by atoms with Crippen LogP contribution in [-0.2, 0) is 6.54 Å². The van der Waals surface area contributed by atoms with Gasteiger partial charge in [-0.1, -0.05) is 23.7 Å². The molecule has 0 radical (unpaired) electrons. The van der Waals surface area contributed by atoms with Crippen LogP contribution < -0.4 is 15.0 Å². The Morgan fingerprint density at radius 3 is 2.52 bits per heavy atom. The average molecular weight is 398 g/mol. The molecule has 0 aliphatic heterocycles. The third-order valence-electron chi connectivity index (χ3n) is 4.37. The zero-order valence-electron chi connectivity index (χ0n) is 14.9. The first-order valence-corrected chi connectivity index (χ1v) is 9.70. The van der Waals surface area contributed by atoms with Gasteiger partial charge in [-0.15, -0.1) is 11.3 Å². The second-order valence-corrected chi connectivity index (χ2v) is 7.77. The highest BCUT2D eigenvalue weighted by Crippen LogP contribution is 2.31. The summed E-state index contributed by atoms with van der Waals surface area (Å²) in [6, 6.07) is 11.5. The SMILES string of the molecule is CN(C)c1cc[n+](Cc2nc3scc(-c4ccc(Cl)cc4)c3c(=O)[nH]2)cc1. The van der Waals surface area contributed by atoms with Crippen molar-refractivity contribution in [3.8, 4) is 11.1 Å². The monoisotopic (exact) mass is 397 g/mol. The Hall–Kier alpha value is -2.70. The third kappa shape index (κ3) is 3.59. The highest BCUT2D eigenvalue weighted by atomic mass is 35.5. The van der Waals surface area contributed by atoms with Gasteiger partial charge in [0.2, 0.25) is 6.54 Å². The lowest BCUT2D eigenvalue weighted by Crippen LogP contribution is -2.35. The standard InChI is InChI=1S/C20H17ClN4OS/c1-24(2)15-7-9-25(10-8-15)11-17-22-19(26)18-16(12-27-20(18)23-17)13-3-5-14(21)6-4-13/h3-10,12H,11H2,1-2H3/p+1. The minimum Gasteiger partial charge on any atom is -0.377 e. The molecular weight excluding hydrogens is 380 g/mol. The minimum atomic E-state index is -0.119. The fraction of sp³-hybridized carbons (Fsp3) is 0.150. The molecule has 7 heteroatoms. The number of anilines is 1. The van der Waals surface area contributed by atoms with Crippen molar-refractivity contribution in [2.75, 3.05) is 19.0 Å². The summed E-state index contributed by atoms with van der Waals surface area (Å²) in [6.45, 7) is 0.507. The molecular formula is C20H18ClN4OS+. The number of hydrogen-bond donors (Lipinski definition) is 1. The first-order valence-electron chi connectivity index (χ1n) is 8.44. The van der Waals surface area contributed by atoms with Gasteiger partial charge >= 0.3 is 0 Å². The van der Waals surface area contributed by atoms with Crippen molar-refractivity contribution in [2.45, 2.75) is 6.54 Å². The summed E-state index contributed by atoms with van der Waals surface area (Å²) in [5.74, 6) is 0.639. The Morgan fingerprint density at radius 1 is 1.15 bits per heavy atom. The van der Waals surface area contributed by atoms with E-state index in [4.69, 9.17) is 11.6 Å². The van der Waals surface area contributed by atoms with E-state index in [-0.39, 0.29) is 5.56 Å². The number of nitrogens with zero attached hydrogens (tertiary/aromatic N) is 3. The highest BCUT2D eigenvalue weighted by Gasteiger charge is 2.15. The van der Waals surface area contributed by atoms with Gasteiger partial charge < -0.3 is 9.88 Å². The summed E-state index contributed by atoms with van der Waals surface area (Å²) in [4.78, 5) is 23.1. The maximum atomic E-state index is 12.7. The number of thiophene rings is 1. The van der Waals surface area contributed by atoms with E-state index >= 15 is 0 Å². The number of hydrogen-bond acceptors (Lipinski definition) is 4. The van der Waals surface area contributed by atoms with Gasteiger partial charge in [0.05, 0.1) is 5.39 Å². The second-order valence-electron chi connectivity index (χ2n) is 6.47. The molecule has 0 fully saturated rings. The maximum Gasteiger partial charge on any atom is 0.260 e. The van der Waals surface area contributed by atoms with Gasteiger partial charge in [-0.25, -0.2) is 4.98 Å². The molecule has 0 unspecified atom stereocenters. The number of nitrogens with one attached hydrogen (secondary N) is 1. The molecule has 1 aromatic carbocycles. The molecule has 0 bridgehead atoms. The van der Waals surface area contributed by atoms with Gasteiger partial charge in [0, 0.05) is 47.9 Å². The average Bonchev–Trinajstić information content (AvgIpc) is 3.07. The van der Waals surface area contributed by atoms with Crippen LogP contribution in [0.15, 0.2) is 59.0 Å². The highest BCUT2D eigenvalue weighted by molar-refractivity contribution is 7.17. The molecule has 5 nitrogen and oxygen atoms in total. The zero-order valence-corrected chi connectivity index (χ0v) is 16.5. The zero-order chi connectivity index (χ0) is 19.0. The summed E-state index contributed by atoms with van der Waals surface area (Å²) in [5, 5.41) is 3.27. The summed E-state index contributed by atoms with van der Waals surface area (Å²) in [6.07, 6.45) is 3.96. The number of rotatable bonds is 4. The Bertz CT molecular complexity index is 1150. The van der Waals surface area contributed by atoms with Crippen molar-refractivity contribution in [2.24, 2.45) is 0 Å². The van der Waals surface area contributed by atoms with Crippen molar-refractivity contribution < 1.29 is 4.57 Å². The van der Waals surface area contributed by atoms with Gasteiger partial charge in [0.25, 0.3) is 5.56 Å². The summed E-state index contributed by atoms with van der Waals surface area (Å²) in [5.41, 5.74) is 2.84. The Balaban J connectivity index is 1.68. The van der Waals surface area contributed by atoms with E-state index < -0.39 is 0 Å². The van der Waals surface area contributed by atoms with E-state index in [9.17, 15) is 4.79 Å². The van der Waals surface area contributed by atoms with E-state index in [1.807, 2.05) is 77.7 Å². The molecule has 1 N–H and O–H groups in total. The molecule has 27 heavy (non-hydrogen) atoms. The number of aromatic amines is 1. The van der Waals surface area contributed by atoms with E-state index in [0.29, 0.717) is 22.8 Å².